The summed E-state index contributed by atoms with van der Waals surface area (Å²) in [5.41, 5.74) is 1.26. The molecule has 0 saturated carbocycles. The number of nitrogens with one attached hydrogen (secondary N) is 2. The van der Waals surface area contributed by atoms with Crippen LogP contribution in [0.2, 0.25) is 0 Å². The number of benzene rings is 1. The Morgan fingerprint density at radius 1 is 1.52 bits per heavy atom. The van der Waals surface area contributed by atoms with Crippen molar-refractivity contribution in [2.45, 2.75) is 19.4 Å². The summed E-state index contributed by atoms with van der Waals surface area (Å²) in [6.07, 6.45) is -0.593. The van der Waals surface area contributed by atoms with Gasteiger partial charge in [-0.15, -0.1) is 0 Å². The first kappa shape index (κ1) is 16.5. The molecule has 2 amide bonds. The summed E-state index contributed by atoms with van der Waals surface area (Å²) in [7, 11) is 1.59. The molecular weight excluding hydrogens is 304 g/mol. The number of anilines is 1. The minimum Gasteiger partial charge on any atom is -0.465 e. The lowest BCUT2D eigenvalue weighted by atomic mass is 9.97. The summed E-state index contributed by atoms with van der Waals surface area (Å²) in [4.78, 5) is 35.2. The zero-order valence-corrected chi connectivity index (χ0v) is 12.8. The molecule has 1 aliphatic heterocycles. The summed E-state index contributed by atoms with van der Waals surface area (Å²) in [6.45, 7) is 2.31. The van der Waals surface area contributed by atoms with Crippen LogP contribution in [-0.2, 0) is 6.42 Å². The Bertz CT molecular complexity index is 661. The number of rotatable bonds is 5. The summed E-state index contributed by atoms with van der Waals surface area (Å²) >= 11 is 0. The zero-order chi connectivity index (χ0) is 17.1. The second kappa shape index (κ2) is 6.51. The van der Waals surface area contributed by atoms with Crippen LogP contribution in [-0.4, -0.2) is 53.1 Å². The van der Waals surface area contributed by atoms with E-state index in [9.17, 15) is 19.7 Å². The minimum absolute atomic E-state index is 0.154. The molecule has 0 aromatic heterocycles. The number of hydrogen-bond acceptors (Lipinski definition) is 5. The van der Waals surface area contributed by atoms with Gasteiger partial charge in [-0.1, -0.05) is 0 Å². The molecule has 9 nitrogen and oxygen atoms in total. The average Bonchev–Trinajstić information content (AvgIpc) is 2.48. The van der Waals surface area contributed by atoms with Crippen molar-refractivity contribution in [3.8, 4) is 0 Å². The SMILES string of the molecule is CNc1cc2c(cc1[N+](=O)[O-])C(=O)N(CC(C)NC(=O)O)CC2. The number of carboxylic acid groups (broad SMARTS) is 1. The lowest BCUT2D eigenvalue weighted by molar-refractivity contribution is -0.384. The van der Waals surface area contributed by atoms with E-state index >= 15 is 0 Å². The topological polar surface area (TPSA) is 125 Å². The summed E-state index contributed by atoms with van der Waals surface area (Å²) < 4.78 is 0. The first-order chi connectivity index (χ1) is 10.8. The molecule has 0 bridgehead atoms. The molecule has 124 valence electrons. The van der Waals surface area contributed by atoms with E-state index in [1.54, 1.807) is 20.0 Å². The van der Waals surface area contributed by atoms with E-state index in [-0.39, 0.29) is 18.1 Å². The van der Waals surface area contributed by atoms with Gasteiger partial charge in [-0.05, 0) is 25.0 Å². The van der Waals surface area contributed by atoms with Gasteiger partial charge < -0.3 is 20.6 Å². The number of carbonyl (C=O) groups is 2. The van der Waals surface area contributed by atoms with Gasteiger partial charge in [0.05, 0.1) is 4.92 Å². The molecule has 1 aromatic rings. The summed E-state index contributed by atoms with van der Waals surface area (Å²) in [6, 6.07) is 2.48. The molecule has 0 spiro atoms. The van der Waals surface area contributed by atoms with Crippen molar-refractivity contribution in [3.63, 3.8) is 0 Å². The highest BCUT2D eigenvalue weighted by molar-refractivity contribution is 5.98. The Morgan fingerprint density at radius 3 is 2.78 bits per heavy atom. The van der Waals surface area contributed by atoms with E-state index in [4.69, 9.17) is 5.11 Å². The molecule has 23 heavy (non-hydrogen) atoms. The van der Waals surface area contributed by atoms with Crippen molar-refractivity contribution in [1.82, 2.24) is 10.2 Å². The van der Waals surface area contributed by atoms with Crippen LogP contribution in [0.25, 0.3) is 0 Å². The Balaban J connectivity index is 2.27. The third kappa shape index (κ3) is 3.50. The number of carbonyl (C=O) groups excluding carboxylic acids is 1. The smallest absolute Gasteiger partial charge is 0.404 e. The Morgan fingerprint density at radius 2 is 2.22 bits per heavy atom. The van der Waals surface area contributed by atoms with Crippen molar-refractivity contribution in [2.24, 2.45) is 0 Å². The highest BCUT2D eigenvalue weighted by Gasteiger charge is 2.29. The monoisotopic (exact) mass is 322 g/mol. The van der Waals surface area contributed by atoms with Gasteiger partial charge in [0.2, 0.25) is 0 Å². The summed E-state index contributed by atoms with van der Waals surface area (Å²) in [5, 5.41) is 24.9. The van der Waals surface area contributed by atoms with Gasteiger partial charge in [0, 0.05) is 37.8 Å². The van der Waals surface area contributed by atoms with Crippen molar-refractivity contribution in [2.75, 3.05) is 25.5 Å². The third-order valence-corrected chi connectivity index (χ3v) is 3.72. The lowest BCUT2D eigenvalue weighted by Crippen LogP contribution is -2.46. The Hall–Kier alpha value is -2.84. The maximum Gasteiger partial charge on any atom is 0.404 e. The number of fused-ring (bicyclic) bond motifs is 1. The van der Waals surface area contributed by atoms with Crippen LogP contribution in [0.1, 0.15) is 22.8 Å². The van der Waals surface area contributed by atoms with E-state index in [1.807, 2.05) is 0 Å². The molecule has 0 fully saturated rings. The zero-order valence-electron chi connectivity index (χ0n) is 12.8. The van der Waals surface area contributed by atoms with Gasteiger partial charge >= 0.3 is 6.09 Å². The van der Waals surface area contributed by atoms with Crippen molar-refractivity contribution in [1.29, 1.82) is 0 Å². The van der Waals surface area contributed by atoms with Crippen LogP contribution in [0.5, 0.6) is 0 Å². The predicted molar refractivity (Wildman–Crippen MR) is 82.9 cm³/mol. The summed E-state index contributed by atoms with van der Waals surface area (Å²) in [5.74, 6) is -0.323. The van der Waals surface area contributed by atoms with Crippen LogP contribution in [0.4, 0.5) is 16.2 Å². The van der Waals surface area contributed by atoms with Crippen molar-refractivity contribution >= 4 is 23.4 Å². The Kier molecular flexibility index (Phi) is 4.68. The van der Waals surface area contributed by atoms with Gasteiger partial charge in [-0.25, -0.2) is 4.79 Å². The molecule has 1 atom stereocenters. The van der Waals surface area contributed by atoms with Gasteiger partial charge in [0.1, 0.15) is 5.69 Å². The first-order valence-corrected chi connectivity index (χ1v) is 7.11. The van der Waals surface area contributed by atoms with Gasteiger partial charge in [-0.3, -0.25) is 14.9 Å². The normalized spacial score (nSPS) is 14.9. The molecule has 9 heteroatoms. The number of nitrogens with zero attached hydrogens (tertiary/aromatic N) is 2. The maximum atomic E-state index is 12.5. The van der Waals surface area contributed by atoms with Crippen LogP contribution >= 0.6 is 0 Å². The molecule has 3 N–H and O–H groups in total. The predicted octanol–water partition coefficient (Wildman–Crippen LogP) is 1.29. The van der Waals surface area contributed by atoms with E-state index in [0.717, 1.165) is 5.56 Å². The highest BCUT2D eigenvalue weighted by atomic mass is 16.6. The third-order valence-electron chi connectivity index (χ3n) is 3.72. The molecule has 1 aliphatic rings. The number of nitro groups is 1. The molecule has 2 rings (SSSR count). The standard InChI is InChI=1S/C14H18N4O5/c1-8(16-14(20)21)7-17-4-3-9-5-11(15-2)12(18(22)23)6-10(9)13(17)19/h5-6,8,15-16H,3-4,7H2,1-2H3,(H,20,21). The van der Waals surface area contributed by atoms with Crippen LogP contribution in [0.15, 0.2) is 12.1 Å². The number of nitro benzene ring substituents is 1. The average molecular weight is 322 g/mol. The maximum absolute atomic E-state index is 12.5. The van der Waals surface area contributed by atoms with E-state index in [1.165, 1.54) is 11.0 Å². The van der Waals surface area contributed by atoms with Crippen molar-refractivity contribution in [3.05, 3.63) is 33.4 Å². The molecule has 0 aliphatic carbocycles. The largest absolute Gasteiger partial charge is 0.465 e. The molecular formula is C14H18N4O5. The Labute approximate surface area is 132 Å². The van der Waals surface area contributed by atoms with Crippen LogP contribution < -0.4 is 10.6 Å². The fourth-order valence-corrected chi connectivity index (χ4v) is 2.68. The second-order valence-corrected chi connectivity index (χ2v) is 5.39. The lowest BCUT2D eigenvalue weighted by Gasteiger charge is -2.30. The number of hydrogen-bond donors (Lipinski definition) is 3. The molecule has 0 saturated heterocycles. The van der Waals surface area contributed by atoms with Crippen LogP contribution in [0.3, 0.4) is 0 Å². The van der Waals surface area contributed by atoms with Gasteiger partial charge in [0.15, 0.2) is 0 Å². The van der Waals surface area contributed by atoms with Crippen LogP contribution in [0, 0.1) is 10.1 Å². The molecule has 0 radical (unpaired) electrons. The quantitative estimate of drug-likeness (QED) is 0.554. The fourth-order valence-electron chi connectivity index (χ4n) is 2.68. The molecule has 1 unspecified atom stereocenters. The number of amides is 2. The fraction of sp³-hybridized carbons (Fsp3) is 0.429. The second-order valence-electron chi connectivity index (χ2n) is 5.39. The molecule has 1 aromatic carbocycles. The molecule has 1 heterocycles. The highest BCUT2D eigenvalue weighted by Crippen LogP contribution is 2.31. The first-order valence-electron chi connectivity index (χ1n) is 7.11. The van der Waals surface area contributed by atoms with E-state index in [2.05, 4.69) is 10.6 Å². The van der Waals surface area contributed by atoms with Gasteiger partial charge in [-0.2, -0.15) is 0 Å². The van der Waals surface area contributed by atoms with E-state index in [0.29, 0.717) is 24.2 Å². The van der Waals surface area contributed by atoms with Crippen molar-refractivity contribution < 1.29 is 19.6 Å². The van der Waals surface area contributed by atoms with E-state index < -0.39 is 17.1 Å². The van der Waals surface area contributed by atoms with Gasteiger partial charge in [0.25, 0.3) is 11.6 Å². The minimum atomic E-state index is -1.16.